The maximum Gasteiger partial charge on any atom is 0.227 e. The first-order valence-electron chi connectivity index (χ1n) is 6.55. The van der Waals surface area contributed by atoms with Gasteiger partial charge >= 0.3 is 0 Å². The molecule has 20 heavy (non-hydrogen) atoms. The summed E-state index contributed by atoms with van der Waals surface area (Å²) in [5.74, 6) is 0.0257. The van der Waals surface area contributed by atoms with E-state index in [2.05, 4.69) is 12.7 Å². The number of quaternary nitrogens is 1. The normalized spacial score (nSPS) is 14.9. The van der Waals surface area contributed by atoms with E-state index in [1.165, 1.54) is 30.7 Å². The third-order valence-electron chi connectivity index (χ3n) is 2.86. The van der Waals surface area contributed by atoms with Crippen molar-refractivity contribution in [3.63, 3.8) is 0 Å². The van der Waals surface area contributed by atoms with Crippen LogP contribution in [0.15, 0.2) is 29.2 Å². The van der Waals surface area contributed by atoms with E-state index in [-0.39, 0.29) is 10.8 Å². The summed E-state index contributed by atoms with van der Waals surface area (Å²) in [5, 5.41) is 0. The summed E-state index contributed by atoms with van der Waals surface area (Å²) in [6.07, 6.45) is 2.53. The molecule has 1 heterocycles. The quantitative estimate of drug-likeness (QED) is 0.813. The lowest BCUT2D eigenvalue weighted by molar-refractivity contribution is -0.367. The molecule has 3 N–H and O–H groups in total. The van der Waals surface area contributed by atoms with Crippen LogP contribution in [-0.2, 0) is 14.9 Å². The second kappa shape index (κ2) is 7.37. The van der Waals surface area contributed by atoms with Gasteiger partial charge in [-0.05, 0) is 37.1 Å². The molecule has 0 unspecified atom stereocenters. The first-order valence-corrected chi connectivity index (χ1v) is 7.96. The maximum absolute atomic E-state index is 11.4. The highest BCUT2D eigenvalue weighted by Crippen LogP contribution is 2.22. The van der Waals surface area contributed by atoms with Crippen molar-refractivity contribution in [1.29, 1.82) is 0 Å². The first kappa shape index (κ1) is 16.6. The minimum atomic E-state index is -4.41. The fourth-order valence-electron chi connectivity index (χ4n) is 1.71. The van der Waals surface area contributed by atoms with E-state index < -0.39 is 10.1 Å². The number of carbonyl (C=O) groups is 1. The van der Waals surface area contributed by atoms with Crippen LogP contribution in [0.3, 0.4) is 0 Å². The topological polar surface area (TPSA) is 105 Å². The van der Waals surface area contributed by atoms with E-state index in [4.69, 9.17) is 0 Å². The van der Waals surface area contributed by atoms with Crippen molar-refractivity contribution in [2.24, 2.45) is 0 Å². The van der Waals surface area contributed by atoms with Crippen molar-refractivity contribution in [3.8, 4) is 0 Å². The monoisotopic (exact) mass is 300 g/mol. The summed E-state index contributed by atoms with van der Waals surface area (Å²) in [7, 11) is -4.41. The number of anilines is 1. The lowest BCUT2D eigenvalue weighted by Crippen LogP contribution is -2.49. The van der Waals surface area contributed by atoms with Crippen molar-refractivity contribution in [1.82, 2.24) is 0 Å². The smallest absolute Gasteiger partial charge is 0.227 e. The Balaban J connectivity index is 0.000000444. The maximum atomic E-state index is 11.4. The summed E-state index contributed by atoms with van der Waals surface area (Å²) in [4.78, 5) is 12.7. The van der Waals surface area contributed by atoms with Gasteiger partial charge in [0.2, 0.25) is 5.91 Å². The van der Waals surface area contributed by atoms with Gasteiger partial charge in [0.25, 0.3) is 0 Å². The van der Waals surface area contributed by atoms with E-state index in [1.807, 2.05) is 0 Å². The van der Waals surface area contributed by atoms with Crippen molar-refractivity contribution in [2.75, 3.05) is 18.0 Å². The Morgan fingerprint density at radius 2 is 1.85 bits per heavy atom. The average molecular weight is 300 g/mol. The van der Waals surface area contributed by atoms with Crippen LogP contribution < -0.4 is 10.6 Å². The highest BCUT2D eigenvalue weighted by atomic mass is 32.2. The molecule has 1 aliphatic rings. The van der Waals surface area contributed by atoms with Gasteiger partial charge in [-0.1, -0.05) is 6.92 Å². The highest BCUT2D eigenvalue weighted by molar-refractivity contribution is 7.85. The molecular weight excluding hydrogens is 280 g/mol. The summed E-state index contributed by atoms with van der Waals surface area (Å²) < 4.78 is 32.1. The molecule has 1 saturated heterocycles. The van der Waals surface area contributed by atoms with Crippen LogP contribution in [0, 0.1) is 0 Å². The third kappa shape index (κ3) is 4.59. The number of nitrogens with zero attached hydrogens (tertiary/aromatic N) is 1. The highest BCUT2D eigenvalue weighted by Gasteiger charge is 2.21. The van der Waals surface area contributed by atoms with Crippen molar-refractivity contribution < 1.29 is 23.5 Å². The zero-order chi connectivity index (χ0) is 15.2. The summed E-state index contributed by atoms with van der Waals surface area (Å²) in [6.45, 7) is 3.83. The molecule has 0 spiro atoms. The second-order valence-corrected chi connectivity index (χ2v) is 5.83. The molecule has 112 valence electrons. The molecule has 1 amide bonds. The van der Waals surface area contributed by atoms with Gasteiger partial charge in [-0.2, -0.15) is 0 Å². The Bertz CT molecular complexity index is 538. The molecule has 1 aromatic carbocycles. The van der Waals surface area contributed by atoms with Crippen molar-refractivity contribution in [2.45, 2.75) is 31.1 Å². The van der Waals surface area contributed by atoms with Crippen molar-refractivity contribution >= 4 is 21.7 Å². The minimum absolute atomic E-state index is 0.0257. The molecule has 6 nitrogen and oxygen atoms in total. The van der Waals surface area contributed by atoms with Gasteiger partial charge in [0.15, 0.2) is 0 Å². The molecule has 1 fully saturated rings. The van der Waals surface area contributed by atoms with Crippen LogP contribution in [0.25, 0.3) is 0 Å². The Hall–Kier alpha value is -1.44. The number of hydrogen-bond donors (Lipinski definition) is 1. The SMILES string of the molecule is CCC[NH3+].O=C1CCCN1c1ccc(S(=O)(=O)[O-])cc1. The molecule has 0 saturated carbocycles. The Morgan fingerprint density at radius 3 is 2.20 bits per heavy atom. The zero-order valence-electron chi connectivity index (χ0n) is 11.5. The lowest BCUT2D eigenvalue weighted by atomic mass is 10.3. The molecule has 0 aliphatic carbocycles. The van der Waals surface area contributed by atoms with Crippen LogP contribution >= 0.6 is 0 Å². The molecule has 1 aliphatic heterocycles. The summed E-state index contributed by atoms with van der Waals surface area (Å²) in [5.41, 5.74) is 4.24. The largest absolute Gasteiger partial charge is 0.744 e. The molecular formula is C13H20N2O4S. The van der Waals surface area contributed by atoms with Gasteiger partial charge in [0, 0.05) is 18.7 Å². The number of carbonyl (C=O) groups excluding carboxylic acids is 1. The predicted molar refractivity (Wildman–Crippen MR) is 74.0 cm³/mol. The average Bonchev–Trinajstić information content (AvgIpc) is 2.84. The predicted octanol–water partition coefficient (Wildman–Crippen LogP) is 0.356. The molecule has 0 bridgehead atoms. The van der Waals surface area contributed by atoms with Gasteiger partial charge in [0.1, 0.15) is 10.1 Å². The number of hydrogen-bond acceptors (Lipinski definition) is 4. The van der Waals surface area contributed by atoms with Crippen LogP contribution in [-0.4, -0.2) is 32.0 Å². The number of amides is 1. The van der Waals surface area contributed by atoms with Crippen molar-refractivity contribution in [3.05, 3.63) is 24.3 Å². The molecule has 0 atom stereocenters. The minimum Gasteiger partial charge on any atom is -0.744 e. The number of rotatable bonds is 3. The van der Waals surface area contributed by atoms with E-state index in [9.17, 15) is 17.8 Å². The summed E-state index contributed by atoms with van der Waals surface area (Å²) >= 11 is 0. The van der Waals surface area contributed by atoms with Crippen LogP contribution in [0.1, 0.15) is 26.2 Å². The van der Waals surface area contributed by atoms with E-state index in [0.717, 1.165) is 13.0 Å². The summed E-state index contributed by atoms with van der Waals surface area (Å²) in [6, 6.07) is 5.41. The van der Waals surface area contributed by atoms with Crippen LogP contribution in [0.2, 0.25) is 0 Å². The van der Waals surface area contributed by atoms with Crippen LogP contribution in [0.5, 0.6) is 0 Å². The van der Waals surface area contributed by atoms with Crippen LogP contribution in [0.4, 0.5) is 5.69 Å². The molecule has 0 radical (unpaired) electrons. The Morgan fingerprint density at radius 1 is 1.30 bits per heavy atom. The molecule has 7 heteroatoms. The lowest BCUT2D eigenvalue weighted by Gasteiger charge is -2.16. The fourth-order valence-corrected chi connectivity index (χ4v) is 2.18. The van der Waals surface area contributed by atoms with E-state index >= 15 is 0 Å². The van der Waals surface area contributed by atoms with Gasteiger partial charge in [0.05, 0.1) is 11.4 Å². The number of benzene rings is 1. The standard InChI is InChI=1S/C10H11NO4S.C3H9N/c12-10-2-1-7-11(10)8-3-5-9(6-4-8)16(13,14)15;1-2-3-4/h3-6H,1-2,7H2,(H,13,14,15);2-4H2,1H3. The fraction of sp³-hybridized carbons (Fsp3) is 0.462. The molecule has 2 rings (SSSR count). The first-order chi connectivity index (χ1) is 9.40. The van der Waals surface area contributed by atoms with E-state index in [1.54, 1.807) is 4.90 Å². The van der Waals surface area contributed by atoms with Gasteiger partial charge in [-0.25, -0.2) is 8.42 Å². The Labute approximate surface area is 119 Å². The van der Waals surface area contributed by atoms with Gasteiger partial charge < -0.3 is 15.2 Å². The molecule has 1 aromatic rings. The molecule has 0 aromatic heterocycles. The Kier molecular flexibility index (Phi) is 6.12. The third-order valence-corrected chi connectivity index (χ3v) is 3.71. The zero-order valence-corrected chi connectivity index (χ0v) is 12.4. The second-order valence-electron chi connectivity index (χ2n) is 4.45. The van der Waals surface area contributed by atoms with Gasteiger partial charge in [-0.3, -0.25) is 4.79 Å². The van der Waals surface area contributed by atoms with Gasteiger partial charge in [-0.15, -0.1) is 0 Å². The van der Waals surface area contributed by atoms with E-state index in [0.29, 0.717) is 18.7 Å².